The molecule has 0 spiro atoms. The Kier molecular flexibility index (Phi) is 5.17. The molecule has 1 amide bonds. The van der Waals surface area contributed by atoms with Crippen LogP contribution in [-0.2, 0) is 4.79 Å². The summed E-state index contributed by atoms with van der Waals surface area (Å²) >= 11 is 4.80. The normalized spacial score (nSPS) is 11.2. The first kappa shape index (κ1) is 17.3. The van der Waals surface area contributed by atoms with Gasteiger partial charge in [-0.1, -0.05) is 0 Å². The lowest BCUT2D eigenvalue weighted by molar-refractivity contribution is -0.115. The van der Waals surface area contributed by atoms with Crippen LogP contribution in [0.25, 0.3) is 10.2 Å². The molecule has 0 fully saturated rings. The number of thioether (sulfide) groups is 1. The van der Waals surface area contributed by atoms with Crippen LogP contribution < -0.4 is 5.32 Å². The lowest BCUT2D eigenvalue weighted by atomic mass is 10.2. The second-order valence-electron chi connectivity index (χ2n) is 5.45. The summed E-state index contributed by atoms with van der Waals surface area (Å²) in [7, 11) is 0. The highest BCUT2D eigenvalue weighted by Gasteiger charge is 2.13. The van der Waals surface area contributed by atoms with Gasteiger partial charge in [0.25, 0.3) is 0 Å². The first-order chi connectivity index (χ1) is 11.5. The zero-order valence-electron chi connectivity index (χ0n) is 14.0. The van der Waals surface area contributed by atoms with Gasteiger partial charge in [-0.05, 0) is 33.3 Å². The molecule has 0 radical (unpaired) electrons. The van der Waals surface area contributed by atoms with Crippen LogP contribution in [0.3, 0.4) is 0 Å². The predicted molar refractivity (Wildman–Crippen MR) is 102 cm³/mol. The molecule has 8 heteroatoms. The Morgan fingerprint density at radius 2 is 1.96 bits per heavy atom. The van der Waals surface area contributed by atoms with E-state index in [1.807, 2.05) is 13.8 Å². The van der Waals surface area contributed by atoms with Gasteiger partial charge in [-0.25, -0.2) is 15.0 Å². The highest BCUT2D eigenvalue weighted by molar-refractivity contribution is 7.99. The van der Waals surface area contributed by atoms with Gasteiger partial charge in [-0.2, -0.15) is 0 Å². The summed E-state index contributed by atoms with van der Waals surface area (Å²) in [5.74, 6) is 0.662. The van der Waals surface area contributed by atoms with Crippen LogP contribution >= 0.6 is 34.4 Å². The number of hydrogen-bond acceptors (Lipinski definition) is 7. The van der Waals surface area contributed by atoms with Gasteiger partial charge in [0.1, 0.15) is 16.2 Å². The minimum absolute atomic E-state index is 0.0141. The van der Waals surface area contributed by atoms with Crippen molar-refractivity contribution >= 4 is 55.7 Å². The van der Waals surface area contributed by atoms with Gasteiger partial charge in [-0.15, -0.1) is 34.4 Å². The SMILES string of the molecule is Cc1nc(NC(=O)CCSc2ncnc3sc(C)c(C)c23)sc1C. The van der Waals surface area contributed by atoms with Gasteiger partial charge in [-0.3, -0.25) is 4.79 Å². The first-order valence-electron chi connectivity index (χ1n) is 7.53. The van der Waals surface area contributed by atoms with Crippen LogP contribution in [0.1, 0.15) is 27.4 Å². The number of nitrogens with zero attached hydrogens (tertiary/aromatic N) is 3. The van der Waals surface area contributed by atoms with Crippen LogP contribution in [0.5, 0.6) is 0 Å². The van der Waals surface area contributed by atoms with Crippen molar-refractivity contribution in [3.8, 4) is 0 Å². The highest BCUT2D eigenvalue weighted by atomic mass is 32.2. The molecule has 1 N–H and O–H groups in total. The Bertz CT molecular complexity index is 881. The molecule has 0 saturated carbocycles. The number of rotatable bonds is 5. The predicted octanol–water partition coefficient (Wildman–Crippen LogP) is 4.50. The van der Waals surface area contributed by atoms with Crippen molar-refractivity contribution in [3.05, 3.63) is 27.3 Å². The molecule has 0 unspecified atom stereocenters. The maximum absolute atomic E-state index is 12.1. The topological polar surface area (TPSA) is 67.8 Å². The Hall–Kier alpha value is -1.51. The first-order valence-corrected chi connectivity index (χ1v) is 10.1. The molecule has 5 nitrogen and oxygen atoms in total. The molecule has 0 saturated heterocycles. The van der Waals surface area contributed by atoms with E-state index in [-0.39, 0.29) is 5.91 Å². The summed E-state index contributed by atoms with van der Waals surface area (Å²) in [5.41, 5.74) is 2.20. The van der Waals surface area contributed by atoms with E-state index < -0.39 is 0 Å². The van der Waals surface area contributed by atoms with E-state index in [9.17, 15) is 4.79 Å². The molecule has 126 valence electrons. The Morgan fingerprint density at radius 3 is 2.67 bits per heavy atom. The molecule has 3 rings (SSSR count). The third-order valence-electron chi connectivity index (χ3n) is 3.77. The molecule has 3 aromatic heterocycles. The summed E-state index contributed by atoms with van der Waals surface area (Å²) in [6, 6.07) is 0. The third kappa shape index (κ3) is 3.60. The van der Waals surface area contributed by atoms with Gasteiger partial charge in [0, 0.05) is 27.3 Å². The van der Waals surface area contributed by atoms with Crippen LogP contribution in [0.4, 0.5) is 5.13 Å². The van der Waals surface area contributed by atoms with Crippen molar-refractivity contribution in [2.24, 2.45) is 0 Å². The lowest BCUT2D eigenvalue weighted by Gasteiger charge is -2.04. The minimum atomic E-state index is -0.0141. The molecule has 3 heterocycles. The van der Waals surface area contributed by atoms with Crippen molar-refractivity contribution in [3.63, 3.8) is 0 Å². The quantitative estimate of drug-likeness (QED) is 0.523. The van der Waals surface area contributed by atoms with Gasteiger partial charge in [0.15, 0.2) is 5.13 Å². The van der Waals surface area contributed by atoms with E-state index in [4.69, 9.17) is 0 Å². The Morgan fingerprint density at radius 1 is 1.17 bits per heavy atom. The van der Waals surface area contributed by atoms with Crippen LogP contribution in [-0.4, -0.2) is 26.6 Å². The van der Waals surface area contributed by atoms with E-state index in [1.165, 1.54) is 21.8 Å². The largest absolute Gasteiger partial charge is 0.302 e. The zero-order chi connectivity index (χ0) is 17.3. The van der Waals surface area contributed by atoms with Crippen LogP contribution in [0.2, 0.25) is 0 Å². The van der Waals surface area contributed by atoms with Gasteiger partial charge in [0.05, 0.1) is 5.69 Å². The number of fused-ring (bicyclic) bond motifs is 1. The fraction of sp³-hybridized carbons (Fsp3) is 0.375. The summed E-state index contributed by atoms with van der Waals surface area (Å²) in [5, 5.41) is 5.62. The molecular formula is C16H18N4OS3. The number of carbonyl (C=O) groups excluding carboxylic acids is 1. The number of carbonyl (C=O) groups is 1. The van der Waals surface area contributed by atoms with Crippen LogP contribution in [0, 0.1) is 27.7 Å². The van der Waals surface area contributed by atoms with E-state index in [1.54, 1.807) is 29.4 Å². The van der Waals surface area contributed by atoms with E-state index in [0.29, 0.717) is 17.3 Å². The third-order valence-corrected chi connectivity index (χ3v) is 6.87. The van der Waals surface area contributed by atoms with Crippen molar-refractivity contribution in [1.29, 1.82) is 0 Å². The molecule has 0 bridgehead atoms. The number of aromatic nitrogens is 3. The molecule has 0 atom stereocenters. The van der Waals surface area contributed by atoms with Crippen molar-refractivity contribution in [2.45, 2.75) is 39.1 Å². The summed E-state index contributed by atoms with van der Waals surface area (Å²) < 4.78 is 0. The number of aryl methyl sites for hydroxylation is 4. The number of thiazole rings is 1. The summed E-state index contributed by atoms with van der Waals surface area (Å²) in [6.07, 6.45) is 2.03. The molecule has 0 aliphatic heterocycles. The molecule has 3 aromatic rings. The summed E-state index contributed by atoms with van der Waals surface area (Å²) in [6.45, 7) is 8.15. The van der Waals surface area contributed by atoms with Gasteiger partial charge >= 0.3 is 0 Å². The average molecular weight is 379 g/mol. The van der Waals surface area contributed by atoms with Gasteiger partial charge < -0.3 is 5.32 Å². The number of hydrogen-bond donors (Lipinski definition) is 1. The number of thiophene rings is 1. The number of anilines is 1. The zero-order valence-corrected chi connectivity index (χ0v) is 16.4. The van der Waals surface area contributed by atoms with Crippen molar-refractivity contribution < 1.29 is 4.79 Å². The second-order valence-corrected chi connectivity index (χ2v) is 8.94. The second kappa shape index (κ2) is 7.16. The molecule has 0 aliphatic carbocycles. The minimum Gasteiger partial charge on any atom is -0.302 e. The molecule has 24 heavy (non-hydrogen) atoms. The van der Waals surface area contributed by atoms with E-state index in [2.05, 4.69) is 34.1 Å². The van der Waals surface area contributed by atoms with Crippen LogP contribution in [0.15, 0.2) is 11.4 Å². The number of amides is 1. The van der Waals surface area contributed by atoms with E-state index >= 15 is 0 Å². The standard InChI is InChI=1S/C16H18N4OS3/c1-8-10(3)23-15-13(8)14(17-7-18-15)22-6-5-12(21)20-16-19-9(2)11(4)24-16/h7H,5-6H2,1-4H3,(H,19,20,21). The fourth-order valence-electron chi connectivity index (χ4n) is 2.21. The Labute approximate surface area is 152 Å². The Balaban J connectivity index is 1.61. The number of nitrogens with one attached hydrogen (secondary N) is 1. The maximum atomic E-state index is 12.1. The highest BCUT2D eigenvalue weighted by Crippen LogP contribution is 2.34. The average Bonchev–Trinajstić information content (AvgIpc) is 2.99. The lowest BCUT2D eigenvalue weighted by Crippen LogP contribution is -2.12. The monoisotopic (exact) mass is 378 g/mol. The van der Waals surface area contributed by atoms with Crippen molar-refractivity contribution in [2.75, 3.05) is 11.1 Å². The smallest absolute Gasteiger partial charge is 0.226 e. The maximum Gasteiger partial charge on any atom is 0.226 e. The van der Waals surface area contributed by atoms with Gasteiger partial charge in [0.2, 0.25) is 5.91 Å². The molecule has 0 aromatic carbocycles. The molecular weight excluding hydrogens is 360 g/mol. The van der Waals surface area contributed by atoms with Crippen molar-refractivity contribution in [1.82, 2.24) is 15.0 Å². The molecule has 0 aliphatic rings. The fourth-order valence-corrected chi connectivity index (χ4v) is 5.10. The summed E-state index contributed by atoms with van der Waals surface area (Å²) in [4.78, 5) is 28.5. The van der Waals surface area contributed by atoms with E-state index in [0.717, 1.165) is 25.8 Å².